The summed E-state index contributed by atoms with van der Waals surface area (Å²) in [5.41, 5.74) is -0.126. The van der Waals surface area contributed by atoms with E-state index in [4.69, 9.17) is 4.74 Å². The Hall–Kier alpha value is -2.84. The van der Waals surface area contributed by atoms with E-state index in [1.54, 1.807) is 0 Å². The summed E-state index contributed by atoms with van der Waals surface area (Å²) in [5.74, 6) is -0.377. The average molecular weight is 438 g/mol. The largest absolute Gasteiger partial charge is 0.488 e. The first kappa shape index (κ1) is 21.4. The molecule has 1 aliphatic carbocycles. The zero-order valence-electron chi connectivity index (χ0n) is 16.9. The van der Waals surface area contributed by atoms with Crippen molar-refractivity contribution in [3.63, 3.8) is 0 Å². The number of esters is 1. The van der Waals surface area contributed by atoms with Crippen molar-refractivity contribution < 1.29 is 31.8 Å². The number of ether oxygens (including phenoxy) is 2. The number of carbonyl (C=O) groups is 1. The maximum Gasteiger partial charge on any atom is 0.417 e. The number of hydrogen-bond donors (Lipinski definition) is 0. The molecule has 1 aromatic heterocycles. The summed E-state index contributed by atoms with van der Waals surface area (Å²) in [6, 6.07) is 5.10. The maximum absolute atomic E-state index is 14.5. The highest BCUT2D eigenvalue weighted by atomic mass is 19.4. The van der Waals surface area contributed by atoms with Crippen molar-refractivity contribution >= 4 is 11.8 Å². The van der Waals surface area contributed by atoms with Crippen LogP contribution >= 0.6 is 0 Å². The van der Waals surface area contributed by atoms with Gasteiger partial charge in [-0.1, -0.05) is 0 Å². The summed E-state index contributed by atoms with van der Waals surface area (Å²) in [4.78, 5) is 17.7. The first-order chi connectivity index (χ1) is 14.8. The first-order valence-corrected chi connectivity index (χ1v) is 10.1. The number of anilines is 1. The van der Waals surface area contributed by atoms with Gasteiger partial charge in [0.1, 0.15) is 23.5 Å². The number of alkyl halides is 3. The highest BCUT2D eigenvalue weighted by Gasteiger charge is 2.33. The van der Waals surface area contributed by atoms with Crippen LogP contribution in [0.2, 0.25) is 0 Å². The lowest BCUT2D eigenvalue weighted by molar-refractivity contribution is -0.137. The standard InChI is InChI=1S/C22H22F4N2O3/c1-30-21(29)17-9-16(13-4-5-13)19(10-18(17)23)31-15-3-2-8-28(12-15)20-7-6-14(11-27-20)22(24,25)26/h6-7,9-11,13,15H,2-5,8,12H2,1H3. The highest BCUT2D eigenvalue weighted by Crippen LogP contribution is 2.45. The molecule has 2 aliphatic rings. The van der Waals surface area contributed by atoms with Gasteiger partial charge in [0, 0.05) is 18.8 Å². The Morgan fingerprint density at radius 3 is 2.58 bits per heavy atom. The number of aromatic nitrogens is 1. The Labute approximate surface area is 177 Å². The van der Waals surface area contributed by atoms with Gasteiger partial charge >= 0.3 is 12.1 Å². The van der Waals surface area contributed by atoms with Gasteiger partial charge in [0.15, 0.2) is 0 Å². The van der Waals surface area contributed by atoms with Crippen molar-refractivity contribution in [1.29, 1.82) is 0 Å². The van der Waals surface area contributed by atoms with Crippen molar-refractivity contribution in [3.8, 4) is 5.75 Å². The van der Waals surface area contributed by atoms with Gasteiger partial charge in [-0.15, -0.1) is 0 Å². The lowest BCUT2D eigenvalue weighted by Gasteiger charge is -2.34. The summed E-state index contributed by atoms with van der Waals surface area (Å²) in [6.07, 6.45) is -0.524. The molecular weight excluding hydrogens is 416 g/mol. The van der Waals surface area contributed by atoms with Gasteiger partial charge in [0.2, 0.25) is 0 Å². The average Bonchev–Trinajstić information content (AvgIpc) is 3.58. The lowest BCUT2D eigenvalue weighted by Crippen LogP contribution is -2.41. The summed E-state index contributed by atoms with van der Waals surface area (Å²) in [6.45, 7) is 1.06. The summed E-state index contributed by atoms with van der Waals surface area (Å²) >= 11 is 0. The second kappa shape index (κ2) is 8.36. The minimum Gasteiger partial charge on any atom is -0.488 e. The molecule has 166 valence electrons. The van der Waals surface area contributed by atoms with Crippen molar-refractivity contribution in [2.45, 2.75) is 43.9 Å². The van der Waals surface area contributed by atoms with Crippen LogP contribution in [-0.4, -0.2) is 37.3 Å². The van der Waals surface area contributed by atoms with E-state index in [2.05, 4.69) is 9.72 Å². The van der Waals surface area contributed by atoms with E-state index in [0.717, 1.165) is 43.5 Å². The van der Waals surface area contributed by atoms with Gasteiger partial charge in [-0.3, -0.25) is 0 Å². The van der Waals surface area contributed by atoms with E-state index in [1.165, 1.54) is 25.3 Å². The predicted octanol–water partition coefficient (Wildman–Crippen LogP) is 4.95. The van der Waals surface area contributed by atoms with Crippen LogP contribution in [0.4, 0.5) is 23.4 Å². The molecular formula is C22H22F4N2O3. The Balaban J connectivity index is 1.51. The molecule has 1 aromatic carbocycles. The number of pyridine rings is 1. The summed E-state index contributed by atoms with van der Waals surface area (Å²) < 4.78 is 63.6. The van der Waals surface area contributed by atoms with E-state index >= 15 is 0 Å². The van der Waals surface area contributed by atoms with Crippen LogP contribution in [0.1, 0.15) is 53.1 Å². The van der Waals surface area contributed by atoms with Crippen LogP contribution in [-0.2, 0) is 10.9 Å². The van der Waals surface area contributed by atoms with Gasteiger partial charge in [0.25, 0.3) is 0 Å². The first-order valence-electron chi connectivity index (χ1n) is 10.1. The Bertz CT molecular complexity index is 958. The van der Waals surface area contributed by atoms with Gasteiger partial charge in [-0.05, 0) is 55.4 Å². The van der Waals surface area contributed by atoms with E-state index in [-0.39, 0.29) is 17.6 Å². The van der Waals surface area contributed by atoms with Gasteiger partial charge < -0.3 is 14.4 Å². The number of halogens is 4. The molecule has 0 N–H and O–H groups in total. The molecule has 0 spiro atoms. The van der Waals surface area contributed by atoms with Crippen LogP contribution in [0.5, 0.6) is 5.75 Å². The highest BCUT2D eigenvalue weighted by molar-refractivity contribution is 5.90. The molecule has 31 heavy (non-hydrogen) atoms. The fraction of sp³-hybridized carbons (Fsp3) is 0.455. The van der Waals surface area contributed by atoms with E-state index in [1.807, 2.05) is 4.90 Å². The second-order valence-corrected chi connectivity index (χ2v) is 7.87. The molecule has 2 heterocycles. The zero-order valence-corrected chi connectivity index (χ0v) is 16.9. The number of piperidine rings is 1. The summed E-state index contributed by atoms with van der Waals surface area (Å²) in [7, 11) is 1.20. The molecule has 0 radical (unpaired) electrons. The Morgan fingerprint density at radius 1 is 1.19 bits per heavy atom. The third-order valence-electron chi connectivity index (χ3n) is 5.59. The maximum atomic E-state index is 14.5. The Kier molecular flexibility index (Phi) is 5.77. The molecule has 1 unspecified atom stereocenters. The second-order valence-electron chi connectivity index (χ2n) is 7.87. The predicted molar refractivity (Wildman–Crippen MR) is 105 cm³/mol. The van der Waals surface area contributed by atoms with Gasteiger partial charge in [-0.25, -0.2) is 14.2 Å². The van der Waals surface area contributed by atoms with Crippen LogP contribution in [0.3, 0.4) is 0 Å². The zero-order chi connectivity index (χ0) is 22.2. The molecule has 9 heteroatoms. The number of hydrogen-bond acceptors (Lipinski definition) is 5. The van der Waals surface area contributed by atoms with Crippen molar-refractivity contribution in [1.82, 2.24) is 4.98 Å². The van der Waals surface area contributed by atoms with E-state index in [0.29, 0.717) is 24.7 Å². The molecule has 1 saturated carbocycles. The van der Waals surface area contributed by atoms with Crippen molar-refractivity contribution in [2.75, 3.05) is 25.1 Å². The van der Waals surface area contributed by atoms with Gasteiger partial charge in [0.05, 0.1) is 24.8 Å². The van der Waals surface area contributed by atoms with Crippen molar-refractivity contribution in [3.05, 3.63) is 53.0 Å². The van der Waals surface area contributed by atoms with Crippen LogP contribution in [0.15, 0.2) is 30.5 Å². The number of methoxy groups -OCH3 is 1. The van der Waals surface area contributed by atoms with E-state index < -0.39 is 23.5 Å². The molecule has 2 fully saturated rings. The van der Waals surface area contributed by atoms with Crippen LogP contribution < -0.4 is 9.64 Å². The lowest BCUT2D eigenvalue weighted by atomic mass is 10.0. The molecule has 2 aromatic rings. The fourth-order valence-electron chi connectivity index (χ4n) is 3.82. The summed E-state index contributed by atoms with van der Waals surface area (Å²) in [5, 5.41) is 0. The van der Waals surface area contributed by atoms with Crippen molar-refractivity contribution in [2.24, 2.45) is 0 Å². The molecule has 1 atom stereocenters. The molecule has 4 rings (SSSR count). The fourth-order valence-corrected chi connectivity index (χ4v) is 3.82. The molecule has 1 aliphatic heterocycles. The van der Waals surface area contributed by atoms with Gasteiger partial charge in [-0.2, -0.15) is 13.2 Å². The number of rotatable bonds is 5. The van der Waals surface area contributed by atoms with Crippen LogP contribution in [0.25, 0.3) is 0 Å². The number of carbonyl (C=O) groups excluding carboxylic acids is 1. The SMILES string of the molecule is COC(=O)c1cc(C2CC2)c(OC2CCCN(c3ccc(C(F)(F)F)cn3)C2)cc1F. The molecule has 0 amide bonds. The minimum atomic E-state index is -4.43. The van der Waals surface area contributed by atoms with E-state index in [9.17, 15) is 22.4 Å². The number of nitrogens with zero attached hydrogens (tertiary/aromatic N) is 2. The normalized spacial score (nSPS) is 19.3. The molecule has 1 saturated heterocycles. The Morgan fingerprint density at radius 2 is 1.97 bits per heavy atom. The van der Waals surface area contributed by atoms with Crippen LogP contribution in [0, 0.1) is 5.82 Å². The monoisotopic (exact) mass is 438 g/mol. The minimum absolute atomic E-state index is 0.115. The third kappa shape index (κ3) is 4.75. The quantitative estimate of drug-likeness (QED) is 0.488. The topological polar surface area (TPSA) is 51.7 Å². The smallest absolute Gasteiger partial charge is 0.417 e. The molecule has 0 bridgehead atoms. The number of benzene rings is 1. The third-order valence-corrected chi connectivity index (χ3v) is 5.59. The molecule has 5 nitrogen and oxygen atoms in total.